The van der Waals surface area contributed by atoms with Crippen molar-refractivity contribution in [2.75, 3.05) is 23.3 Å². The zero-order valence-electron chi connectivity index (χ0n) is 18.0. The Balaban J connectivity index is 1.50. The van der Waals surface area contributed by atoms with E-state index in [1.165, 1.54) is 0 Å². The molecule has 2 unspecified atom stereocenters. The van der Waals surface area contributed by atoms with E-state index < -0.39 is 0 Å². The summed E-state index contributed by atoms with van der Waals surface area (Å²) in [6.45, 7) is 7.65. The van der Waals surface area contributed by atoms with Crippen LogP contribution in [0.3, 0.4) is 0 Å². The fourth-order valence-electron chi connectivity index (χ4n) is 3.99. The Labute approximate surface area is 182 Å². The monoisotopic (exact) mass is 417 g/mol. The molecule has 3 aromatic rings. The van der Waals surface area contributed by atoms with E-state index in [4.69, 9.17) is 4.74 Å². The van der Waals surface area contributed by atoms with Gasteiger partial charge in [-0.15, -0.1) is 0 Å². The molecule has 0 saturated carbocycles. The molecule has 2 heterocycles. The number of nitrogens with one attached hydrogen (secondary N) is 1. The second kappa shape index (κ2) is 8.78. The smallest absolute Gasteiger partial charge is 0.257 e. The molecule has 0 radical (unpaired) electrons. The Bertz CT molecular complexity index is 1050. The highest BCUT2D eigenvalue weighted by molar-refractivity contribution is 6.05. The van der Waals surface area contributed by atoms with Crippen molar-refractivity contribution in [3.8, 4) is 16.9 Å². The number of nitrogens with zero attached hydrogens (tertiary/aromatic N) is 2. The number of aromatic hydroxyl groups is 1. The zero-order valence-corrected chi connectivity index (χ0v) is 18.0. The number of hydrogen-bond acceptors (Lipinski definition) is 5. The molecule has 6 nitrogen and oxygen atoms in total. The van der Waals surface area contributed by atoms with E-state index in [-0.39, 0.29) is 23.9 Å². The molecule has 2 aromatic carbocycles. The van der Waals surface area contributed by atoms with Crippen molar-refractivity contribution in [3.63, 3.8) is 0 Å². The third-order valence-electron chi connectivity index (χ3n) is 5.51. The number of amides is 1. The number of aromatic nitrogens is 1. The van der Waals surface area contributed by atoms with Crippen LogP contribution in [0.25, 0.3) is 11.1 Å². The Morgan fingerprint density at radius 2 is 1.77 bits per heavy atom. The van der Waals surface area contributed by atoms with Gasteiger partial charge in [-0.3, -0.25) is 4.79 Å². The Morgan fingerprint density at radius 3 is 2.42 bits per heavy atom. The predicted octanol–water partition coefficient (Wildman–Crippen LogP) is 4.63. The van der Waals surface area contributed by atoms with Crippen LogP contribution in [-0.4, -0.2) is 41.3 Å². The number of carbonyl (C=O) groups excluding carboxylic acids is 1. The number of phenolic OH excluding ortho intramolecular Hbond substituents is 1. The fourth-order valence-corrected chi connectivity index (χ4v) is 3.99. The minimum Gasteiger partial charge on any atom is -0.508 e. The molecule has 2 atom stereocenters. The molecule has 1 aromatic heterocycles. The van der Waals surface area contributed by atoms with Crippen LogP contribution in [0.1, 0.15) is 29.8 Å². The Hall–Kier alpha value is -3.38. The highest BCUT2D eigenvalue weighted by atomic mass is 16.5. The van der Waals surface area contributed by atoms with Crippen molar-refractivity contribution in [1.29, 1.82) is 0 Å². The molecule has 0 bridgehead atoms. The maximum Gasteiger partial charge on any atom is 0.257 e. The average molecular weight is 418 g/mol. The lowest BCUT2D eigenvalue weighted by atomic mass is 9.99. The number of phenols is 1. The number of anilines is 2. The second-order valence-corrected chi connectivity index (χ2v) is 8.05. The minimum atomic E-state index is -0.200. The molecule has 0 aliphatic carbocycles. The third kappa shape index (κ3) is 4.70. The van der Waals surface area contributed by atoms with Gasteiger partial charge in [-0.1, -0.05) is 24.3 Å². The van der Waals surface area contributed by atoms with Crippen LogP contribution in [0.4, 0.5) is 11.5 Å². The molecular weight excluding hydrogens is 390 g/mol. The second-order valence-electron chi connectivity index (χ2n) is 8.05. The van der Waals surface area contributed by atoms with E-state index in [0.29, 0.717) is 5.56 Å². The molecule has 31 heavy (non-hydrogen) atoms. The highest BCUT2D eigenvalue weighted by Gasteiger charge is 2.23. The molecule has 6 heteroatoms. The lowest BCUT2D eigenvalue weighted by molar-refractivity contribution is -0.00546. The van der Waals surface area contributed by atoms with E-state index in [9.17, 15) is 9.90 Å². The van der Waals surface area contributed by atoms with Gasteiger partial charge in [-0.05, 0) is 67.8 Å². The highest BCUT2D eigenvalue weighted by Crippen LogP contribution is 2.30. The van der Waals surface area contributed by atoms with Gasteiger partial charge in [-0.2, -0.15) is 0 Å². The van der Waals surface area contributed by atoms with Gasteiger partial charge in [0.25, 0.3) is 5.91 Å². The zero-order chi connectivity index (χ0) is 22.0. The van der Waals surface area contributed by atoms with Gasteiger partial charge >= 0.3 is 0 Å². The first-order chi connectivity index (χ1) is 14.9. The number of benzene rings is 2. The summed E-state index contributed by atoms with van der Waals surface area (Å²) in [6.07, 6.45) is 1.92. The normalized spacial score (nSPS) is 18.6. The first-order valence-corrected chi connectivity index (χ1v) is 10.5. The van der Waals surface area contributed by atoms with Crippen LogP contribution in [0, 0.1) is 6.92 Å². The van der Waals surface area contributed by atoms with Crippen LogP contribution < -0.4 is 10.2 Å². The quantitative estimate of drug-likeness (QED) is 0.647. The molecule has 4 rings (SSSR count). The summed E-state index contributed by atoms with van der Waals surface area (Å²) in [7, 11) is 0. The molecule has 1 amide bonds. The average Bonchev–Trinajstić information content (AvgIpc) is 2.75. The largest absolute Gasteiger partial charge is 0.508 e. The molecular formula is C25H27N3O3. The number of ether oxygens (including phenoxy) is 1. The lowest BCUT2D eigenvalue weighted by Gasteiger charge is -2.36. The summed E-state index contributed by atoms with van der Waals surface area (Å²) in [5, 5.41) is 12.5. The van der Waals surface area contributed by atoms with E-state index in [2.05, 4.69) is 29.0 Å². The van der Waals surface area contributed by atoms with E-state index in [1.807, 2.05) is 49.4 Å². The maximum atomic E-state index is 12.8. The summed E-state index contributed by atoms with van der Waals surface area (Å²) >= 11 is 0. The summed E-state index contributed by atoms with van der Waals surface area (Å²) in [6, 6.07) is 16.5. The maximum absolute atomic E-state index is 12.8. The summed E-state index contributed by atoms with van der Waals surface area (Å²) in [5.41, 5.74) is 4.19. The number of rotatable bonds is 4. The van der Waals surface area contributed by atoms with Crippen molar-refractivity contribution in [2.24, 2.45) is 0 Å². The molecule has 1 aliphatic heterocycles. The third-order valence-corrected chi connectivity index (χ3v) is 5.51. The molecule has 1 fully saturated rings. The summed E-state index contributed by atoms with van der Waals surface area (Å²) < 4.78 is 5.78. The Kier molecular flexibility index (Phi) is 5.91. The summed E-state index contributed by atoms with van der Waals surface area (Å²) in [5.74, 6) is 0.876. The van der Waals surface area contributed by atoms with Gasteiger partial charge in [0.15, 0.2) is 0 Å². The number of hydrogen-bond donors (Lipinski definition) is 2. The van der Waals surface area contributed by atoms with Crippen LogP contribution in [0.5, 0.6) is 5.75 Å². The predicted molar refractivity (Wildman–Crippen MR) is 123 cm³/mol. The van der Waals surface area contributed by atoms with Crippen molar-refractivity contribution < 1.29 is 14.6 Å². The molecule has 2 N–H and O–H groups in total. The van der Waals surface area contributed by atoms with Crippen LogP contribution in [-0.2, 0) is 4.74 Å². The van der Waals surface area contributed by atoms with Gasteiger partial charge in [-0.25, -0.2) is 4.98 Å². The Morgan fingerprint density at radius 1 is 1.06 bits per heavy atom. The van der Waals surface area contributed by atoms with Crippen LogP contribution in [0.15, 0.2) is 60.8 Å². The first kappa shape index (κ1) is 20.9. The molecule has 160 valence electrons. The van der Waals surface area contributed by atoms with Gasteiger partial charge in [0.05, 0.1) is 17.8 Å². The standard InChI is InChI=1S/C25H27N3O3/c1-16-14-28(15-17(2)31-16)24-12-9-20(13-26-24)25(30)27-23-6-4-5-22(18(23)3)19-7-10-21(29)11-8-19/h4-13,16-17,29H,14-15H2,1-3H3,(H,27,30). The van der Waals surface area contributed by atoms with Crippen molar-refractivity contribution in [2.45, 2.75) is 33.0 Å². The molecule has 1 saturated heterocycles. The van der Waals surface area contributed by atoms with E-state index >= 15 is 0 Å². The number of morpholine rings is 1. The van der Waals surface area contributed by atoms with Crippen molar-refractivity contribution in [3.05, 3.63) is 71.9 Å². The number of carbonyl (C=O) groups is 1. The number of pyridine rings is 1. The fraction of sp³-hybridized carbons (Fsp3) is 0.280. The van der Waals surface area contributed by atoms with Gasteiger partial charge in [0, 0.05) is 25.0 Å². The first-order valence-electron chi connectivity index (χ1n) is 10.5. The summed E-state index contributed by atoms with van der Waals surface area (Å²) in [4.78, 5) is 19.5. The SMILES string of the molecule is Cc1c(NC(=O)c2ccc(N3CC(C)OC(C)C3)nc2)cccc1-c1ccc(O)cc1. The van der Waals surface area contributed by atoms with Gasteiger partial charge < -0.3 is 20.1 Å². The lowest BCUT2D eigenvalue weighted by Crippen LogP contribution is -2.45. The topological polar surface area (TPSA) is 74.7 Å². The van der Waals surface area contributed by atoms with Crippen LogP contribution >= 0.6 is 0 Å². The van der Waals surface area contributed by atoms with Crippen molar-refractivity contribution >= 4 is 17.4 Å². The minimum absolute atomic E-state index is 0.150. The van der Waals surface area contributed by atoms with Crippen LogP contribution in [0.2, 0.25) is 0 Å². The molecule has 1 aliphatic rings. The van der Waals surface area contributed by atoms with Gasteiger partial charge in [0.2, 0.25) is 0 Å². The van der Waals surface area contributed by atoms with Crippen molar-refractivity contribution in [1.82, 2.24) is 4.98 Å². The van der Waals surface area contributed by atoms with E-state index in [1.54, 1.807) is 18.3 Å². The molecule has 0 spiro atoms. The van der Waals surface area contributed by atoms with Gasteiger partial charge in [0.1, 0.15) is 11.6 Å². The van der Waals surface area contributed by atoms with E-state index in [0.717, 1.165) is 41.3 Å².